The number of anilines is 1. The van der Waals surface area contributed by atoms with Crippen molar-refractivity contribution in [1.82, 2.24) is 10.1 Å². The molecule has 2 N–H and O–H groups in total. The number of nitrogens with zero attached hydrogens (tertiary/aromatic N) is 2. The number of nitrogens with two attached hydrogens (primary N) is 1. The van der Waals surface area contributed by atoms with E-state index >= 15 is 0 Å². The van der Waals surface area contributed by atoms with E-state index in [0.717, 1.165) is 6.42 Å². The van der Waals surface area contributed by atoms with Gasteiger partial charge < -0.3 is 15.0 Å². The fraction of sp³-hybridized carbons (Fsp3) is 0.333. The zero-order valence-corrected chi connectivity index (χ0v) is 9.60. The first-order valence-electron chi connectivity index (χ1n) is 5.71. The van der Waals surface area contributed by atoms with E-state index in [1.54, 1.807) is 0 Å². The molecule has 1 fully saturated rings. The molecule has 0 bridgehead atoms. The van der Waals surface area contributed by atoms with Crippen LogP contribution in [0.15, 0.2) is 22.7 Å². The van der Waals surface area contributed by atoms with Gasteiger partial charge >= 0.3 is 0 Å². The van der Waals surface area contributed by atoms with Crippen LogP contribution < -0.4 is 5.73 Å². The molecule has 18 heavy (non-hydrogen) atoms. The fourth-order valence-corrected chi connectivity index (χ4v) is 1.98. The van der Waals surface area contributed by atoms with E-state index in [1.807, 2.05) is 0 Å². The third-order valence-corrected chi connectivity index (χ3v) is 2.98. The Morgan fingerprint density at radius 3 is 3.00 bits per heavy atom. The molecule has 1 aliphatic rings. The van der Waals surface area contributed by atoms with Crippen LogP contribution >= 0.6 is 0 Å². The Hall–Kier alpha value is -1.95. The average Bonchev–Trinajstić information content (AvgIpc) is 2.99. The average molecular weight is 249 g/mol. The van der Waals surface area contributed by atoms with Crippen molar-refractivity contribution in [2.45, 2.75) is 12.3 Å². The molecule has 1 aromatic carbocycles. The van der Waals surface area contributed by atoms with Crippen molar-refractivity contribution in [2.24, 2.45) is 0 Å². The van der Waals surface area contributed by atoms with Crippen molar-refractivity contribution < 1.29 is 13.7 Å². The summed E-state index contributed by atoms with van der Waals surface area (Å²) in [7, 11) is 0. The van der Waals surface area contributed by atoms with Crippen LogP contribution in [0.3, 0.4) is 0 Å². The van der Waals surface area contributed by atoms with Gasteiger partial charge in [0.05, 0.1) is 12.2 Å². The van der Waals surface area contributed by atoms with Crippen molar-refractivity contribution in [3.8, 4) is 11.5 Å². The molecule has 1 aromatic heterocycles. The van der Waals surface area contributed by atoms with Gasteiger partial charge in [-0.3, -0.25) is 0 Å². The summed E-state index contributed by atoms with van der Waals surface area (Å²) in [6.07, 6.45) is 0.887. The summed E-state index contributed by atoms with van der Waals surface area (Å²) in [6, 6.07) is 4.08. The van der Waals surface area contributed by atoms with Crippen molar-refractivity contribution in [2.75, 3.05) is 18.9 Å². The minimum Gasteiger partial charge on any atom is -0.398 e. The quantitative estimate of drug-likeness (QED) is 0.823. The zero-order valence-electron chi connectivity index (χ0n) is 9.60. The largest absolute Gasteiger partial charge is 0.398 e. The van der Waals surface area contributed by atoms with Gasteiger partial charge in [-0.25, -0.2) is 4.39 Å². The summed E-state index contributed by atoms with van der Waals surface area (Å²) in [4.78, 5) is 4.29. The predicted octanol–water partition coefficient (Wildman–Crippen LogP) is 1.96. The van der Waals surface area contributed by atoms with Crippen LogP contribution in [-0.4, -0.2) is 23.4 Å². The lowest BCUT2D eigenvalue weighted by atomic mass is 10.1. The monoisotopic (exact) mass is 249 g/mol. The summed E-state index contributed by atoms with van der Waals surface area (Å²) in [6.45, 7) is 1.32. The molecule has 0 radical (unpaired) electrons. The Balaban J connectivity index is 1.92. The van der Waals surface area contributed by atoms with Crippen LogP contribution in [0.25, 0.3) is 11.5 Å². The standard InChI is InChI=1S/C12H12FN3O2/c13-8-1-2-9(10(14)5-8)12-15-11(16-18-12)7-3-4-17-6-7/h1-2,5,7H,3-4,6,14H2. The highest BCUT2D eigenvalue weighted by Crippen LogP contribution is 2.28. The number of aromatic nitrogens is 2. The SMILES string of the molecule is Nc1cc(F)ccc1-c1nc(C2CCOC2)no1. The van der Waals surface area contributed by atoms with E-state index in [4.69, 9.17) is 15.0 Å². The molecule has 0 saturated carbocycles. The first-order valence-corrected chi connectivity index (χ1v) is 5.71. The van der Waals surface area contributed by atoms with Crippen LogP contribution in [0, 0.1) is 5.82 Å². The normalized spacial score (nSPS) is 19.3. The van der Waals surface area contributed by atoms with Gasteiger partial charge in [0.2, 0.25) is 0 Å². The number of ether oxygens (including phenoxy) is 1. The Morgan fingerprint density at radius 2 is 2.28 bits per heavy atom. The minimum atomic E-state index is -0.389. The number of halogens is 1. The molecule has 0 spiro atoms. The molecule has 1 atom stereocenters. The summed E-state index contributed by atoms with van der Waals surface area (Å²) < 4.78 is 23.4. The summed E-state index contributed by atoms with van der Waals surface area (Å²) in [5, 5.41) is 3.92. The summed E-state index contributed by atoms with van der Waals surface area (Å²) in [5.41, 5.74) is 6.56. The molecule has 5 nitrogen and oxygen atoms in total. The molecule has 2 aromatic rings. The lowest BCUT2D eigenvalue weighted by Crippen LogP contribution is -1.99. The van der Waals surface area contributed by atoms with Crippen LogP contribution in [0.2, 0.25) is 0 Å². The maximum Gasteiger partial charge on any atom is 0.260 e. The third-order valence-electron chi connectivity index (χ3n) is 2.98. The van der Waals surface area contributed by atoms with Gasteiger partial charge in [-0.2, -0.15) is 4.98 Å². The fourth-order valence-electron chi connectivity index (χ4n) is 1.98. The second-order valence-corrected chi connectivity index (χ2v) is 4.25. The minimum absolute atomic E-state index is 0.171. The van der Waals surface area contributed by atoms with Crippen LogP contribution in [0.1, 0.15) is 18.2 Å². The highest BCUT2D eigenvalue weighted by Gasteiger charge is 2.23. The maximum absolute atomic E-state index is 13.0. The number of hydrogen-bond donors (Lipinski definition) is 1. The topological polar surface area (TPSA) is 74.2 Å². The van der Waals surface area contributed by atoms with Gasteiger partial charge in [0.15, 0.2) is 5.82 Å². The smallest absolute Gasteiger partial charge is 0.260 e. The molecule has 94 valence electrons. The third kappa shape index (κ3) is 1.95. The van der Waals surface area contributed by atoms with Crippen LogP contribution in [0.4, 0.5) is 10.1 Å². The van der Waals surface area contributed by atoms with E-state index in [-0.39, 0.29) is 17.4 Å². The Labute approximate surface area is 103 Å². The molecule has 1 aliphatic heterocycles. The molecular formula is C12H12FN3O2. The van der Waals surface area contributed by atoms with Crippen LogP contribution in [-0.2, 0) is 4.74 Å². The Morgan fingerprint density at radius 1 is 1.39 bits per heavy atom. The molecule has 1 unspecified atom stereocenters. The van der Waals surface area contributed by atoms with E-state index in [1.165, 1.54) is 18.2 Å². The lowest BCUT2D eigenvalue weighted by molar-refractivity contribution is 0.192. The van der Waals surface area contributed by atoms with E-state index in [9.17, 15) is 4.39 Å². The second kappa shape index (κ2) is 4.38. The molecule has 6 heteroatoms. The first-order chi connectivity index (χ1) is 8.74. The number of nitrogen functional groups attached to an aromatic ring is 1. The lowest BCUT2D eigenvalue weighted by Gasteiger charge is -2.00. The summed E-state index contributed by atoms with van der Waals surface area (Å²) in [5.74, 6) is 0.713. The van der Waals surface area contributed by atoms with Gasteiger partial charge in [0, 0.05) is 18.2 Å². The van der Waals surface area contributed by atoms with Crippen LogP contribution in [0.5, 0.6) is 0 Å². The molecular weight excluding hydrogens is 237 g/mol. The van der Waals surface area contributed by atoms with Gasteiger partial charge in [-0.1, -0.05) is 5.16 Å². The van der Waals surface area contributed by atoms with Crippen molar-refractivity contribution in [3.63, 3.8) is 0 Å². The Kier molecular flexibility index (Phi) is 2.71. The van der Waals surface area contributed by atoms with Crippen molar-refractivity contribution in [3.05, 3.63) is 29.8 Å². The second-order valence-electron chi connectivity index (χ2n) is 4.25. The maximum atomic E-state index is 13.0. The van der Waals surface area contributed by atoms with E-state index in [0.29, 0.717) is 30.5 Å². The number of benzene rings is 1. The first kappa shape index (κ1) is 11.2. The molecule has 0 aliphatic carbocycles. The van der Waals surface area contributed by atoms with Gasteiger partial charge in [0.25, 0.3) is 5.89 Å². The highest BCUT2D eigenvalue weighted by atomic mass is 19.1. The van der Waals surface area contributed by atoms with Gasteiger partial charge in [-0.15, -0.1) is 0 Å². The zero-order chi connectivity index (χ0) is 12.5. The van der Waals surface area contributed by atoms with Crippen molar-refractivity contribution >= 4 is 5.69 Å². The number of hydrogen-bond acceptors (Lipinski definition) is 5. The van der Waals surface area contributed by atoms with Crippen molar-refractivity contribution in [1.29, 1.82) is 0 Å². The highest BCUT2D eigenvalue weighted by molar-refractivity contribution is 5.70. The number of rotatable bonds is 2. The molecule has 0 amide bonds. The molecule has 3 rings (SSSR count). The molecule has 2 heterocycles. The predicted molar refractivity (Wildman–Crippen MR) is 62.3 cm³/mol. The van der Waals surface area contributed by atoms with Gasteiger partial charge in [0.1, 0.15) is 5.82 Å². The van der Waals surface area contributed by atoms with Gasteiger partial charge in [-0.05, 0) is 24.6 Å². The Bertz CT molecular complexity index is 564. The summed E-state index contributed by atoms with van der Waals surface area (Å²) >= 11 is 0. The molecule has 1 saturated heterocycles. The van der Waals surface area contributed by atoms with E-state index < -0.39 is 0 Å². The van der Waals surface area contributed by atoms with E-state index in [2.05, 4.69) is 10.1 Å².